The summed E-state index contributed by atoms with van der Waals surface area (Å²) in [7, 11) is 1.50. The number of aryl methyl sites for hydroxylation is 2. The molecule has 2 heterocycles. The lowest BCUT2D eigenvalue weighted by Gasteiger charge is -2.29. The van der Waals surface area contributed by atoms with Gasteiger partial charge < -0.3 is 0 Å². The van der Waals surface area contributed by atoms with Gasteiger partial charge in [-0.15, -0.1) is 0 Å². The van der Waals surface area contributed by atoms with Gasteiger partial charge in [-0.3, -0.25) is 24.1 Å². The number of carbonyl (C=O) groups excluding carboxylic acids is 4. The number of nitrogens with zero attached hydrogens (tertiary/aromatic N) is 2. The highest BCUT2D eigenvalue weighted by Crippen LogP contribution is 2.46. The molecule has 0 saturated heterocycles. The van der Waals surface area contributed by atoms with Crippen LogP contribution in [-0.4, -0.2) is 35.6 Å². The van der Waals surface area contributed by atoms with E-state index in [4.69, 9.17) is 0 Å². The van der Waals surface area contributed by atoms with Crippen LogP contribution in [-0.2, 0) is 0 Å². The number of fused-ring (bicyclic) bond motifs is 2. The van der Waals surface area contributed by atoms with E-state index in [1.807, 2.05) is 56.3 Å². The standard InChI is InChI=1S/C33H20N2O4/c1-15-12-16(2)14-17(13-15)35-32(38)24-10-6-20-18-4-8-22-28-23(31(37)34(3)30(22)36)9-5-19(26(18)28)21-7-11-25(33(35)39)29(24)27(20)21/h4-14H,1-3H3. The summed E-state index contributed by atoms with van der Waals surface area (Å²) in [6, 6.07) is 20.5. The van der Waals surface area contributed by atoms with E-state index in [1.54, 1.807) is 24.3 Å². The van der Waals surface area contributed by atoms with E-state index >= 15 is 0 Å². The molecule has 2 aliphatic rings. The van der Waals surface area contributed by atoms with Gasteiger partial charge in [0, 0.05) is 40.1 Å². The molecule has 8 rings (SSSR count). The van der Waals surface area contributed by atoms with Crippen LogP contribution < -0.4 is 4.90 Å². The Hall–Kier alpha value is -5.10. The average molecular weight is 509 g/mol. The molecule has 0 saturated carbocycles. The van der Waals surface area contributed by atoms with Crippen LogP contribution in [0.2, 0.25) is 0 Å². The summed E-state index contributed by atoms with van der Waals surface area (Å²) in [5.74, 6) is -1.35. The lowest BCUT2D eigenvalue weighted by molar-refractivity contribution is 0.0650. The molecule has 0 radical (unpaired) electrons. The zero-order valence-corrected chi connectivity index (χ0v) is 21.4. The fourth-order valence-electron chi connectivity index (χ4n) is 6.70. The second-order valence-corrected chi connectivity index (χ2v) is 10.6. The quantitative estimate of drug-likeness (QED) is 0.147. The van der Waals surface area contributed by atoms with E-state index in [1.165, 1.54) is 11.9 Å². The number of rotatable bonds is 1. The fourth-order valence-corrected chi connectivity index (χ4v) is 6.70. The van der Waals surface area contributed by atoms with Crippen LogP contribution in [0.5, 0.6) is 0 Å². The van der Waals surface area contributed by atoms with Gasteiger partial charge in [-0.2, -0.15) is 0 Å². The molecule has 39 heavy (non-hydrogen) atoms. The second-order valence-electron chi connectivity index (χ2n) is 10.6. The predicted octanol–water partition coefficient (Wildman–Crippen LogP) is 6.38. The van der Waals surface area contributed by atoms with E-state index in [-0.39, 0.29) is 23.6 Å². The predicted molar refractivity (Wildman–Crippen MR) is 151 cm³/mol. The summed E-state index contributed by atoms with van der Waals surface area (Å²) >= 11 is 0. The Morgan fingerprint density at radius 1 is 0.462 bits per heavy atom. The van der Waals surface area contributed by atoms with Crippen molar-refractivity contribution in [2.24, 2.45) is 0 Å². The molecule has 0 atom stereocenters. The van der Waals surface area contributed by atoms with Crippen molar-refractivity contribution >= 4 is 72.4 Å². The minimum absolute atomic E-state index is 0.324. The molecule has 2 aliphatic heterocycles. The molecule has 186 valence electrons. The smallest absolute Gasteiger partial charge is 0.265 e. The summed E-state index contributed by atoms with van der Waals surface area (Å²) in [6.45, 7) is 3.89. The highest BCUT2D eigenvalue weighted by molar-refractivity contribution is 6.43. The van der Waals surface area contributed by atoms with Crippen molar-refractivity contribution in [3.05, 3.63) is 100 Å². The first-order valence-corrected chi connectivity index (χ1v) is 12.8. The van der Waals surface area contributed by atoms with E-state index in [9.17, 15) is 19.2 Å². The Kier molecular flexibility index (Phi) is 3.97. The second kappa shape index (κ2) is 7.05. The van der Waals surface area contributed by atoms with Crippen LogP contribution in [0.3, 0.4) is 0 Å². The number of carbonyl (C=O) groups is 4. The molecule has 0 N–H and O–H groups in total. The Morgan fingerprint density at radius 3 is 1.21 bits per heavy atom. The molecule has 6 aromatic carbocycles. The summed E-state index contributed by atoms with van der Waals surface area (Å²) in [5, 5.41) is 6.50. The van der Waals surface area contributed by atoms with Crippen LogP contribution in [0.25, 0.3) is 43.1 Å². The van der Waals surface area contributed by atoms with Gasteiger partial charge in [-0.1, -0.05) is 30.3 Å². The lowest BCUT2D eigenvalue weighted by atomic mass is 9.82. The SMILES string of the molecule is Cc1cc(C)cc(N2C(=O)c3ccc4c5ccc6c7c(ccc(c8ccc(c3c48)C2=O)c75)C(=O)N(C)C6=O)c1. The summed E-state index contributed by atoms with van der Waals surface area (Å²) in [6.07, 6.45) is 0. The first kappa shape index (κ1) is 21.9. The van der Waals surface area contributed by atoms with Crippen LogP contribution >= 0.6 is 0 Å². The molecular formula is C33H20N2O4. The van der Waals surface area contributed by atoms with E-state index in [2.05, 4.69) is 0 Å². The van der Waals surface area contributed by atoms with Gasteiger partial charge in [0.15, 0.2) is 0 Å². The maximum atomic E-state index is 13.9. The van der Waals surface area contributed by atoms with Crippen molar-refractivity contribution in [3.63, 3.8) is 0 Å². The normalized spacial score (nSPS) is 15.2. The molecule has 0 bridgehead atoms. The number of benzene rings is 6. The van der Waals surface area contributed by atoms with Gasteiger partial charge in [0.1, 0.15) is 0 Å². The van der Waals surface area contributed by atoms with E-state index in [0.717, 1.165) is 48.3 Å². The fraction of sp³-hybridized carbons (Fsp3) is 0.0909. The van der Waals surface area contributed by atoms with Gasteiger partial charge in [0.25, 0.3) is 23.6 Å². The Bertz CT molecular complexity index is 2050. The molecule has 4 amide bonds. The van der Waals surface area contributed by atoms with Crippen LogP contribution in [0.4, 0.5) is 5.69 Å². The highest BCUT2D eigenvalue weighted by Gasteiger charge is 2.36. The van der Waals surface area contributed by atoms with Crippen molar-refractivity contribution in [2.45, 2.75) is 13.8 Å². The maximum absolute atomic E-state index is 13.9. The zero-order valence-electron chi connectivity index (χ0n) is 21.4. The zero-order chi connectivity index (χ0) is 26.9. The molecule has 0 aromatic heterocycles. The summed E-state index contributed by atoms with van der Waals surface area (Å²) < 4.78 is 0. The number of imide groups is 2. The molecule has 6 nitrogen and oxygen atoms in total. The molecule has 0 aliphatic carbocycles. The lowest BCUT2D eigenvalue weighted by Crippen LogP contribution is -2.40. The number of hydrogen-bond donors (Lipinski definition) is 0. The molecule has 0 unspecified atom stereocenters. The third kappa shape index (κ3) is 2.55. The monoisotopic (exact) mass is 508 g/mol. The number of amides is 4. The van der Waals surface area contributed by atoms with E-state index in [0.29, 0.717) is 38.7 Å². The molecule has 0 spiro atoms. The molecule has 6 aromatic rings. The van der Waals surface area contributed by atoms with Crippen molar-refractivity contribution in [1.82, 2.24) is 4.90 Å². The minimum Gasteiger partial charge on any atom is -0.277 e. The van der Waals surface area contributed by atoms with Gasteiger partial charge in [-0.05, 0) is 93.7 Å². The third-order valence-corrected chi connectivity index (χ3v) is 8.30. The molecule has 0 fully saturated rings. The Balaban J connectivity index is 1.48. The van der Waals surface area contributed by atoms with Gasteiger partial charge in [0.2, 0.25) is 0 Å². The van der Waals surface area contributed by atoms with Crippen molar-refractivity contribution < 1.29 is 19.2 Å². The van der Waals surface area contributed by atoms with Crippen LogP contribution in [0.15, 0.2) is 66.7 Å². The number of anilines is 1. The van der Waals surface area contributed by atoms with E-state index < -0.39 is 0 Å². The van der Waals surface area contributed by atoms with Crippen molar-refractivity contribution in [1.29, 1.82) is 0 Å². The molecular weight excluding hydrogens is 488 g/mol. The van der Waals surface area contributed by atoms with Gasteiger partial charge in [-0.25, -0.2) is 4.90 Å². The average Bonchev–Trinajstić information content (AvgIpc) is 2.92. The summed E-state index contributed by atoms with van der Waals surface area (Å²) in [4.78, 5) is 56.2. The van der Waals surface area contributed by atoms with Gasteiger partial charge >= 0.3 is 0 Å². The first-order valence-electron chi connectivity index (χ1n) is 12.8. The molecule has 6 heteroatoms. The van der Waals surface area contributed by atoms with Crippen molar-refractivity contribution in [2.75, 3.05) is 11.9 Å². The maximum Gasteiger partial charge on any atom is 0.265 e. The Morgan fingerprint density at radius 2 is 0.821 bits per heavy atom. The minimum atomic E-state index is -0.350. The van der Waals surface area contributed by atoms with Crippen molar-refractivity contribution in [3.8, 4) is 0 Å². The van der Waals surface area contributed by atoms with Gasteiger partial charge in [0.05, 0.1) is 5.69 Å². The topological polar surface area (TPSA) is 74.8 Å². The largest absolute Gasteiger partial charge is 0.277 e. The van der Waals surface area contributed by atoms with Crippen LogP contribution in [0, 0.1) is 13.8 Å². The third-order valence-electron chi connectivity index (χ3n) is 8.30. The Labute approximate surface area is 222 Å². The first-order chi connectivity index (χ1) is 18.8. The highest BCUT2D eigenvalue weighted by atomic mass is 16.2. The summed E-state index contributed by atoms with van der Waals surface area (Å²) in [5.41, 5.74) is 4.46. The van der Waals surface area contributed by atoms with Crippen LogP contribution in [0.1, 0.15) is 52.6 Å². The number of hydrogen-bond acceptors (Lipinski definition) is 4.